The summed E-state index contributed by atoms with van der Waals surface area (Å²) in [6, 6.07) is 5.80. The molecular weight excluding hydrogens is 268 g/mol. The Labute approximate surface area is 127 Å². The summed E-state index contributed by atoms with van der Waals surface area (Å²) in [6.07, 6.45) is -0.580. The van der Waals surface area contributed by atoms with Gasteiger partial charge in [0.1, 0.15) is 0 Å². The van der Waals surface area contributed by atoms with Crippen molar-refractivity contribution in [3.63, 3.8) is 0 Å². The molecule has 0 fully saturated rings. The van der Waals surface area contributed by atoms with Crippen LogP contribution in [0, 0.1) is 0 Å². The molecule has 1 unspecified atom stereocenters. The molecule has 0 spiro atoms. The number of hydrogen-bond acceptors (Lipinski definition) is 4. The number of carbonyl (C=O) groups is 1. The van der Waals surface area contributed by atoms with E-state index in [0.717, 1.165) is 12.1 Å². The predicted molar refractivity (Wildman–Crippen MR) is 83.7 cm³/mol. The second-order valence-electron chi connectivity index (χ2n) is 5.15. The van der Waals surface area contributed by atoms with E-state index in [1.165, 1.54) is 0 Å². The number of nitrogens with one attached hydrogen (secondary N) is 2. The van der Waals surface area contributed by atoms with Crippen molar-refractivity contribution in [2.45, 2.75) is 46.4 Å². The first-order valence-electron chi connectivity index (χ1n) is 7.33. The van der Waals surface area contributed by atoms with Gasteiger partial charge in [-0.05, 0) is 33.4 Å². The van der Waals surface area contributed by atoms with Gasteiger partial charge in [-0.2, -0.15) is 0 Å². The quantitative estimate of drug-likeness (QED) is 0.771. The molecule has 1 amide bonds. The second kappa shape index (κ2) is 8.52. The molecule has 1 aromatic carbocycles. The number of para-hydroxylation sites is 1. The molecule has 5 nitrogen and oxygen atoms in total. The van der Waals surface area contributed by atoms with Gasteiger partial charge in [0.05, 0.1) is 7.11 Å². The van der Waals surface area contributed by atoms with Crippen LogP contribution in [0.25, 0.3) is 0 Å². The van der Waals surface area contributed by atoms with Crippen molar-refractivity contribution in [2.24, 2.45) is 0 Å². The predicted octanol–water partition coefficient (Wildman–Crippen LogP) is 2.10. The van der Waals surface area contributed by atoms with Gasteiger partial charge < -0.3 is 20.1 Å². The highest BCUT2D eigenvalue weighted by atomic mass is 16.5. The Balaban J connectivity index is 2.91. The smallest absolute Gasteiger partial charge is 0.260 e. The van der Waals surface area contributed by atoms with Crippen LogP contribution >= 0.6 is 0 Å². The van der Waals surface area contributed by atoms with Crippen molar-refractivity contribution >= 4 is 5.91 Å². The van der Waals surface area contributed by atoms with Crippen LogP contribution in [0.1, 0.15) is 33.3 Å². The fourth-order valence-corrected chi connectivity index (χ4v) is 1.89. The van der Waals surface area contributed by atoms with Crippen LogP contribution in [0.2, 0.25) is 0 Å². The number of amides is 1. The Morgan fingerprint density at radius 2 is 2.00 bits per heavy atom. The number of benzene rings is 1. The van der Waals surface area contributed by atoms with E-state index in [-0.39, 0.29) is 11.9 Å². The molecule has 0 saturated carbocycles. The molecule has 0 aliphatic heterocycles. The first-order chi connectivity index (χ1) is 9.99. The highest BCUT2D eigenvalue weighted by Gasteiger charge is 2.19. The van der Waals surface area contributed by atoms with Crippen LogP contribution in [0.3, 0.4) is 0 Å². The number of methoxy groups -OCH3 is 1. The summed E-state index contributed by atoms with van der Waals surface area (Å²) in [7, 11) is 1.60. The maximum Gasteiger partial charge on any atom is 0.260 e. The molecule has 1 rings (SSSR count). The van der Waals surface area contributed by atoms with E-state index >= 15 is 0 Å². The average Bonchev–Trinajstić information content (AvgIpc) is 2.45. The fraction of sp³-hybridized carbons (Fsp3) is 0.562. The second-order valence-corrected chi connectivity index (χ2v) is 5.15. The van der Waals surface area contributed by atoms with E-state index in [4.69, 9.17) is 9.47 Å². The van der Waals surface area contributed by atoms with Gasteiger partial charge in [0, 0.05) is 18.2 Å². The number of carbonyl (C=O) groups excluding carboxylic acids is 1. The maximum atomic E-state index is 12.0. The lowest BCUT2D eigenvalue weighted by Gasteiger charge is -2.20. The Morgan fingerprint density at radius 3 is 2.57 bits per heavy atom. The Bertz CT molecular complexity index is 461. The summed E-state index contributed by atoms with van der Waals surface area (Å²) in [4.78, 5) is 12.0. The van der Waals surface area contributed by atoms with Crippen molar-refractivity contribution in [1.29, 1.82) is 0 Å². The number of hydrogen-bond donors (Lipinski definition) is 2. The summed E-state index contributed by atoms with van der Waals surface area (Å²) < 4.78 is 11.2. The first kappa shape index (κ1) is 17.3. The molecule has 5 heteroatoms. The fourth-order valence-electron chi connectivity index (χ4n) is 1.89. The Morgan fingerprint density at radius 1 is 1.29 bits per heavy atom. The molecule has 2 N–H and O–H groups in total. The average molecular weight is 294 g/mol. The van der Waals surface area contributed by atoms with Crippen molar-refractivity contribution in [3.8, 4) is 11.5 Å². The third-order valence-corrected chi connectivity index (χ3v) is 2.94. The van der Waals surface area contributed by atoms with E-state index < -0.39 is 6.10 Å². The van der Waals surface area contributed by atoms with Gasteiger partial charge in [-0.15, -0.1) is 0 Å². The zero-order chi connectivity index (χ0) is 15.8. The largest absolute Gasteiger partial charge is 0.493 e. The van der Waals surface area contributed by atoms with Gasteiger partial charge in [-0.3, -0.25) is 4.79 Å². The zero-order valence-corrected chi connectivity index (χ0v) is 13.5. The van der Waals surface area contributed by atoms with Crippen LogP contribution < -0.4 is 20.1 Å². The Hall–Kier alpha value is -1.75. The summed E-state index contributed by atoms with van der Waals surface area (Å²) in [5.74, 6) is 1.12. The van der Waals surface area contributed by atoms with Crippen molar-refractivity contribution < 1.29 is 14.3 Å². The molecule has 21 heavy (non-hydrogen) atoms. The van der Waals surface area contributed by atoms with Crippen LogP contribution in [0.15, 0.2) is 18.2 Å². The minimum atomic E-state index is -0.580. The van der Waals surface area contributed by atoms with E-state index in [9.17, 15) is 4.79 Å². The highest BCUT2D eigenvalue weighted by Crippen LogP contribution is 2.32. The molecule has 0 radical (unpaired) electrons. The van der Waals surface area contributed by atoms with Crippen LogP contribution in [0.5, 0.6) is 11.5 Å². The molecule has 0 aliphatic rings. The lowest BCUT2D eigenvalue weighted by molar-refractivity contribution is -0.127. The van der Waals surface area contributed by atoms with Crippen LogP contribution in [0.4, 0.5) is 0 Å². The summed E-state index contributed by atoms with van der Waals surface area (Å²) in [5.41, 5.74) is 0.973. The van der Waals surface area contributed by atoms with E-state index in [2.05, 4.69) is 10.6 Å². The van der Waals surface area contributed by atoms with Gasteiger partial charge in [0.2, 0.25) is 0 Å². The monoisotopic (exact) mass is 294 g/mol. The maximum absolute atomic E-state index is 12.0. The zero-order valence-electron chi connectivity index (χ0n) is 13.5. The number of ether oxygens (including phenoxy) is 2. The molecule has 0 aromatic heterocycles. The van der Waals surface area contributed by atoms with Crippen molar-refractivity contribution in [3.05, 3.63) is 23.8 Å². The minimum Gasteiger partial charge on any atom is -0.493 e. The minimum absolute atomic E-state index is 0.0856. The van der Waals surface area contributed by atoms with Gasteiger partial charge >= 0.3 is 0 Å². The molecular formula is C16H26N2O3. The number of rotatable bonds is 8. The molecule has 0 bridgehead atoms. The topological polar surface area (TPSA) is 59.6 Å². The SMILES string of the molecule is CCNCc1cccc(OC)c1OC(C)C(=O)NC(C)C. The van der Waals surface area contributed by atoms with Gasteiger partial charge in [0.15, 0.2) is 17.6 Å². The van der Waals surface area contributed by atoms with E-state index in [0.29, 0.717) is 18.0 Å². The van der Waals surface area contributed by atoms with E-state index in [1.54, 1.807) is 14.0 Å². The third-order valence-electron chi connectivity index (χ3n) is 2.94. The third kappa shape index (κ3) is 5.27. The lowest BCUT2D eigenvalue weighted by atomic mass is 10.1. The molecule has 0 saturated heterocycles. The van der Waals surface area contributed by atoms with Crippen LogP contribution in [-0.2, 0) is 11.3 Å². The molecule has 0 aliphatic carbocycles. The molecule has 0 heterocycles. The molecule has 1 aromatic rings. The van der Waals surface area contributed by atoms with Crippen LogP contribution in [-0.4, -0.2) is 31.7 Å². The van der Waals surface area contributed by atoms with E-state index in [1.807, 2.05) is 39.0 Å². The summed E-state index contributed by atoms with van der Waals surface area (Å²) >= 11 is 0. The molecule has 118 valence electrons. The standard InChI is InChI=1S/C16H26N2O3/c1-6-17-10-13-8-7-9-14(20-5)15(13)21-12(4)16(19)18-11(2)3/h7-9,11-12,17H,6,10H2,1-5H3,(H,18,19). The first-order valence-corrected chi connectivity index (χ1v) is 7.33. The van der Waals surface area contributed by atoms with Crippen molar-refractivity contribution in [1.82, 2.24) is 10.6 Å². The van der Waals surface area contributed by atoms with Gasteiger partial charge in [-0.1, -0.05) is 19.1 Å². The Kier molecular flexibility index (Phi) is 7.02. The summed E-state index contributed by atoms with van der Waals surface area (Å²) in [5, 5.41) is 6.10. The normalized spacial score (nSPS) is 12.1. The van der Waals surface area contributed by atoms with Gasteiger partial charge in [0.25, 0.3) is 5.91 Å². The molecule has 1 atom stereocenters. The summed E-state index contributed by atoms with van der Waals surface area (Å²) in [6.45, 7) is 9.15. The van der Waals surface area contributed by atoms with Crippen molar-refractivity contribution in [2.75, 3.05) is 13.7 Å². The highest BCUT2D eigenvalue weighted by molar-refractivity contribution is 5.81. The van der Waals surface area contributed by atoms with Gasteiger partial charge in [-0.25, -0.2) is 0 Å². The lowest BCUT2D eigenvalue weighted by Crippen LogP contribution is -2.40.